The molecule has 4 N–H and O–H groups in total. The average molecular weight is 518 g/mol. The van der Waals surface area contributed by atoms with E-state index < -0.39 is 0 Å². The third kappa shape index (κ3) is 3.98. The number of hydrogen-bond donors (Lipinski definition) is 3. The number of pyridine rings is 1. The van der Waals surface area contributed by atoms with Crippen molar-refractivity contribution in [3.05, 3.63) is 88.6 Å². The summed E-state index contributed by atoms with van der Waals surface area (Å²) in [6.45, 7) is 2.42. The van der Waals surface area contributed by atoms with E-state index in [9.17, 15) is 9.90 Å². The Balaban J connectivity index is 1.34. The summed E-state index contributed by atoms with van der Waals surface area (Å²) in [6, 6.07) is 16.1. The molecular formula is C30H27N7O2. The first-order chi connectivity index (χ1) is 19.0. The quantitative estimate of drug-likeness (QED) is 0.297. The first-order valence-electron chi connectivity index (χ1n) is 13.1. The van der Waals surface area contributed by atoms with Gasteiger partial charge >= 0.3 is 0 Å². The van der Waals surface area contributed by atoms with E-state index in [0.29, 0.717) is 29.2 Å². The van der Waals surface area contributed by atoms with E-state index in [1.165, 1.54) is 18.4 Å². The maximum absolute atomic E-state index is 13.6. The molecule has 1 aliphatic carbocycles. The van der Waals surface area contributed by atoms with E-state index in [-0.39, 0.29) is 18.1 Å². The molecule has 0 aliphatic heterocycles. The summed E-state index contributed by atoms with van der Waals surface area (Å²) in [4.78, 5) is 26.0. The predicted molar refractivity (Wildman–Crippen MR) is 152 cm³/mol. The second kappa shape index (κ2) is 8.92. The van der Waals surface area contributed by atoms with E-state index in [4.69, 9.17) is 5.73 Å². The van der Waals surface area contributed by atoms with E-state index in [2.05, 4.69) is 32.2 Å². The summed E-state index contributed by atoms with van der Waals surface area (Å²) < 4.78 is 3.39. The number of nitrogens with two attached hydrogens (primary N) is 1. The molecule has 0 radical (unpaired) electrons. The number of hydrogen-bond acceptors (Lipinski definition) is 6. The van der Waals surface area contributed by atoms with Gasteiger partial charge in [-0.05, 0) is 66.5 Å². The molecule has 4 heterocycles. The van der Waals surface area contributed by atoms with Crippen LogP contribution in [0, 0.1) is 6.92 Å². The molecule has 0 unspecified atom stereocenters. The van der Waals surface area contributed by atoms with Gasteiger partial charge in [0.15, 0.2) is 0 Å². The molecule has 0 amide bonds. The Morgan fingerprint density at radius 2 is 1.97 bits per heavy atom. The lowest BCUT2D eigenvalue weighted by Gasteiger charge is -2.15. The summed E-state index contributed by atoms with van der Waals surface area (Å²) in [5, 5.41) is 16.0. The highest BCUT2D eigenvalue weighted by molar-refractivity contribution is 5.96. The molecule has 0 bridgehead atoms. The van der Waals surface area contributed by atoms with Gasteiger partial charge in [-0.25, -0.2) is 4.98 Å². The Morgan fingerprint density at radius 3 is 2.79 bits per heavy atom. The van der Waals surface area contributed by atoms with Crippen LogP contribution in [0.25, 0.3) is 50.0 Å². The zero-order valence-electron chi connectivity index (χ0n) is 21.4. The Hall–Kier alpha value is -4.76. The Morgan fingerprint density at radius 1 is 1.10 bits per heavy atom. The normalized spacial score (nSPS) is 13.5. The van der Waals surface area contributed by atoms with Crippen LogP contribution in [-0.2, 0) is 6.54 Å². The summed E-state index contributed by atoms with van der Waals surface area (Å²) in [5.41, 5.74) is 12.9. The zero-order valence-corrected chi connectivity index (χ0v) is 21.4. The monoisotopic (exact) mass is 517 g/mol. The van der Waals surface area contributed by atoms with Crippen molar-refractivity contribution in [3.63, 3.8) is 0 Å². The number of nitrogens with zero attached hydrogens (tertiary/aromatic N) is 5. The zero-order chi connectivity index (χ0) is 26.7. The molecule has 6 aromatic rings. The maximum Gasteiger partial charge on any atom is 0.262 e. The van der Waals surface area contributed by atoms with Gasteiger partial charge < -0.3 is 15.8 Å². The van der Waals surface area contributed by atoms with Crippen LogP contribution in [-0.4, -0.2) is 41.0 Å². The number of aromatic nitrogens is 6. The Bertz CT molecular complexity index is 1950. The van der Waals surface area contributed by atoms with Gasteiger partial charge in [0.05, 0.1) is 36.4 Å². The lowest BCUT2D eigenvalue weighted by molar-refractivity contribution is 0.269. The Kier molecular flexibility index (Phi) is 5.34. The highest BCUT2D eigenvalue weighted by atomic mass is 16.3. The Labute approximate surface area is 223 Å². The first kappa shape index (κ1) is 23.4. The first-order valence-corrected chi connectivity index (χ1v) is 13.1. The fraction of sp³-hybridized carbons (Fsp3) is 0.200. The third-order valence-electron chi connectivity index (χ3n) is 7.57. The molecule has 9 heteroatoms. The molecule has 0 spiro atoms. The third-order valence-corrected chi connectivity index (χ3v) is 7.57. The molecule has 39 heavy (non-hydrogen) atoms. The summed E-state index contributed by atoms with van der Waals surface area (Å²) in [7, 11) is 0. The van der Waals surface area contributed by atoms with Crippen molar-refractivity contribution < 1.29 is 5.11 Å². The summed E-state index contributed by atoms with van der Waals surface area (Å²) >= 11 is 0. The van der Waals surface area contributed by atoms with Gasteiger partial charge in [-0.3, -0.25) is 14.0 Å². The average Bonchev–Trinajstić information content (AvgIpc) is 3.53. The topological polar surface area (TPSA) is 128 Å². The van der Waals surface area contributed by atoms with Crippen molar-refractivity contribution in [1.29, 1.82) is 0 Å². The number of benzene rings is 2. The molecule has 4 aromatic heterocycles. The molecule has 194 valence electrons. The van der Waals surface area contributed by atoms with Crippen molar-refractivity contribution in [2.75, 3.05) is 12.3 Å². The van der Waals surface area contributed by atoms with E-state index in [1.807, 2.05) is 55.7 Å². The number of aliphatic hydroxyl groups excluding tert-OH is 1. The van der Waals surface area contributed by atoms with Crippen LogP contribution in [0.4, 0.5) is 5.95 Å². The van der Waals surface area contributed by atoms with E-state index >= 15 is 0 Å². The number of aromatic amines is 1. The maximum atomic E-state index is 13.6. The van der Waals surface area contributed by atoms with Gasteiger partial charge in [0.2, 0.25) is 5.95 Å². The van der Waals surface area contributed by atoms with Crippen LogP contribution in [0.15, 0.2) is 71.9 Å². The molecule has 0 saturated heterocycles. The number of nitrogen functional groups attached to an aromatic ring is 1. The van der Waals surface area contributed by atoms with Crippen LogP contribution in [0.1, 0.15) is 29.9 Å². The van der Waals surface area contributed by atoms with Gasteiger partial charge in [0.1, 0.15) is 5.65 Å². The van der Waals surface area contributed by atoms with Crippen molar-refractivity contribution in [2.24, 2.45) is 0 Å². The highest BCUT2D eigenvalue weighted by Crippen LogP contribution is 2.40. The minimum absolute atomic E-state index is 0.0113. The molecule has 2 aromatic carbocycles. The largest absolute Gasteiger partial charge is 0.394 e. The minimum atomic E-state index is -0.0498. The summed E-state index contributed by atoms with van der Waals surface area (Å²) in [5.74, 6) is 0.791. The van der Waals surface area contributed by atoms with Crippen LogP contribution in [0.3, 0.4) is 0 Å². The standard InChI is InChI=1S/C30H27N7O2/c1-17-22(27-24-14-25(33-28(24)35-30(31)34-27)21-15-32-36(16-21)11-12-38)3-2-4-26(17)37-10-9-20-13-19(18-5-6-18)7-8-23(20)29(37)39/h2-4,7-10,13-16,18,38H,5-6,11-12H2,1H3,(H3,31,33,34,35). The number of aliphatic hydroxyl groups is 1. The second-order valence-corrected chi connectivity index (χ2v) is 10.2. The second-order valence-electron chi connectivity index (χ2n) is 10.2. The number of fused-ring (bicyclic) bond motifs is 2. The van der Waals surface area contributed by atoms with Gasteiger partial charge in [-0.2, -0.15) is 10.1 Å². The fourth-order valence-corrected chi connectivity index (χ4v) is 5.38. The molecular weight excluding hydrogens is 490 g/mol. The lowest BCUT2D eigenvalue weighted by atomic mass is 10.0. The predicted octanol–water partition coefficient (Wildman–Crippen LogP) is 4.55. The number of H-pyrrole nitrogens is 1. The molecule has 1 aliphatic rings. The molecule has 0 atom stereocenters. The smallest absolute Gasteiger partial charge is 0.262 e. The van der Waals surface area contributed by atoms with E-state index in [0.717, 1.165) is 38.8 Å². The van der Waals surface area contributed by atoms with Gasteiger partial charge in [-0.1, -0.05) is 24.3 Å². The van der Waals surface area contributed by atoms with Gasteiger partial charge in [-0.15, -0.1) is 0 Å². The van der Waals surface area contributed by atoms with Crippen molar-refractivity contribution in [2.45, 2.75) is 32.2 Å². The van der Waals surface area contributed by atoms with Gasteiger partial charge in [0.25, 0.3) is 5.56 Å². The molecule has 1 saturated carbocycles. The molecule has 1 fully saturated rings. The van der Waals surface area contributed by atoms with Crippen LogP contribution in [0.5, 0.6) is 0 Å². The van der Waals surface area contributed by atoms with Crippen molar-refractivity contribution >= 4 is 27.8 Å². The van der Waals surface area contributed by atoms with Crippen molar-refractivity contribution in [3.8, 4) is 28.2 Å². The number of anilines is 1. The highest BCUT2D eigenvalue weighted by Gasteiger charge is 2.24. The van der Waals surface area contributed by atoms with Crippen LogP contribution >= 0.6 is 0 Å². The fourth-order valence-electron chi connectivity index (χ4n) is 5.38. The van der Waals surface area contributed by atoms with Crippen LogP contribution in [0.2, 0.25) is 0 Å². The molecule has 7 rings (SSSR count). The van der Waals surface area contributed by atoms with Gasteiger partial charge in [0, 0.05) is 34.3 Å². The summed E-state index contributed by atoms with van der Waals surface area (Å²) in [6.07, 6.45) is 7.91. The number of rotatable bonds is 6. The molecule has 9 nitrogen and oxygen atoms in total. The van der Waals surface area contributed by atoms with E-state index in [1.54, 1.807) is 15.4 Å². The van der Waals surface area contributed by atoms with Crippen molar-refractivity contribution in [1.82, 2.24) is 29.3 Å². The number of nitrogens with one attached hydrogen (secondary N) is 1. The minimum Gasteiger partial charge on any atom is -0.394 e. The van der Waals surface area contributed by atoms with Crippen LogP contribution < -0.4 is 11.3 Å². The lowest BCUT2D eigenvalue weighted by Crippen LogP contribution is -2.18. The SMILES string of the molecule is Cc1c(-c2nc(N)nc3[nH]c(-c4cnn(CCO)c4)cc23)cccc1-n1ccc2cc(C3CC3)ccc2c1=O.